The van der Waals surface area contributed by atoms with E-state index >= 15 is 0 Å². The van der Waals surface area contributed by atoms with Crippen LogP contribution >= 0.6 is 0 Å². The molecule has 2 aromatic carbocycles. The molecule has 0 aliphatic heterocycles. The topological polar surface area (TPSA) is 41.8 Å². The van der Waals surface area contributed by atoms with Crippen molar-refractivity contribution >= 4 is 5.71 Å². The summed E-state index contributed by atoms with van der Waals surface area (Å²) < 4.78 is 18.1. The Morgan fingerprint density at radius 1 is 1.06 bits per heavy atom. The molecule has 0 aromatic heterocycles. The maximum absolute atomic E-state index is 12.7. The first-order valence-corrected chi connectivity index (χ1v) is 5.44. The van der Waals surface area contributed by atoms with Gasteiger partial charge in [0.2, 0.25) is 0 Å². The Balaban J connectivity index is 2.03. The highest BCUT2D eigenvalue weighted by atomic mass is 19.1. The molecule has 0 fully saturated rings. The van der Waals surface area contributed by atoms with Crippen molar-refractivity contribution in [3.8, 4) is 5.75 Å². The van der Waals surface area contributed by atoms with Gasteiger partial charge in [-0.3, -0.25) is 0 Å². The molecule has 0 saturated carbocycles. The van der Waals surface area contributed by atoms with Crippen LogP contribution in [0.15, 0.2) is 59.8 Å². The largest absolute Gasteiger partial charge is 0.487 e. The third-order valence-corrected chi connectivity index (χ3v) is 2.42. The van der Waals surface area contributed by atoms with Gasteiger partial charge < -0.3 is 9.94 Å². The zero-order valence-corrected chi connectivity index (χ0v) is 9.58. The minimum absolute atomic E-state index is 0.117. The summed E-state index contributed by atoms with van der Waals surface area (Å²) in [6.45, 7) is 0.117. The molecule has 0 unspecified atom stereocenters. The van der Waals surface area contributed by atoms with Gasteiger partial charge in [0.05, 0.1) is 0 Å². The van der Waals surface area contributed by atoms with Crippen LogP contribution in [0.3, 0.4) is 0 Å². The van der Waals surface area contributed by atoms with E-state index in [1.807, 2.05) is 30.3 Å². The summed E-state index contributed by atoms with van der Waals surface area (Å²) in [7, 11) is 0. The van der Waals surface area contributed by atoms with Crippen molar-refractivity contribution in [2.24, 2.45) is 5.16 Å². The third-order valence-electron chi connectivity index (χ3n) is 2.42. The van der Waals surface area contributed by atoms with E-state index in [4.69, 9.17) is 9.94 Å². The summed E-state index contributed by atoms with van der Waals surface area (Å²) >= 11 is 0. The van der Waals surface area contributed by atoms with Gasteiger partial charge in [0.25, 0.3) is 0 Å². The van der Waals surface area contributed by atoms with Crippen molar-refractivity contribution in [2.45, 2.75) is 0 Å². The Morgan fingerprint density at radius 3 is 2.33 bits per heavy atom. The van der Waals surface area contributed by atoms with Crippen LogP contribution in [0.2, 0.25) is 0 Å². The molecule has 1 N–H and O–H groups in total. The maximum Gasteiger partial charge on any atom is 0.134 e. The Hall–Kier alpha value is -2.36. The summed E-state index contributed by atoms with van der Waals surface area (Å²) in [5.41, 5.74) is 1.20. The molecular weight excluding hydrogens is 233 g/mol. The Kier molecular flexibility index (Phi) is 3.91. The first-order chi connectivity index (χ1) is 8.79. The molecule has 92 valence electrons. The lowest BCUT2D eigenvalue weighted by Gasteiger charge is -2.07. The first-order valence-electron chi connectivity index (χ1n) is 5.44. The van der Waals surface area contributed by atoms with Crippen LogP contribution in [0.5, 0.6) is 5.75 Å². The van der Waals surface area contributed by atoms with E-state index in [2.05, 4.69) is 5.16 Å². The molecule has 0 aliphatic rings. The Labute approximate surface area is 104 Å². The quantitative estimate of drug-likeness (QED) is 0.511. The number of hydrogen-bond donors (Lipinski definition) is 1. The number of hydrogen-bond acceptors (Lipinski definition) is 3. The average Bonchev–Trinajstić information content (AvgIpc) is 2.43. The standard InChI is InChI=1S/C14H12FNO2/c15-12-6-8-13(9-7-12)18-10-14(16-17)11-4-2-1-3-5-11/h1-9,17H,10H2/b16-14+. The predicted octanol–water partition coefficient (Wildman–Crippen LogP) is 3.08. The SMILES string of the molecule is O/N=C(\COc1ccc(F)cc1)c1ccccc1. The summed E-state index contributed by atoms with van der Waals surface area (Å²) in [6, 6.07) is 14.9. The molecule has 0 aliphatic carbocycles. The fourth-order valence-corrected chi connectivity index (χ4v) is 1.48. The van der Waals surface area contributed by atoms with Crippen LogP contribution < -0.4 is 4.74 Å². The second-order valence-electron chi connectivity index (χ2n) is 3.66. The number of ether oxygens (including phenoxy) is 1. The van der Waals surface area contributed by atoms with E-state index in [0.29, 0.717) is 11.5 Å². The Morgan fingerprint density at radius 2 is 1.72 bits per heavy atom. The fraction of sp³-hybridized carbons (Fsp3) is 0.0714. The van der Waals surface area contributed by atoms with Gasteiger partial charge in [-0.1, -0.05) is 35.5 Å². The zero-order chi connectivity index (χ0) is 12.8. The van der Waals surface area contributed by atoms with Crippen molar-refractivity contribution < 1.29 is 14.3 Å². The molecule has 0 bridgehead atoms. The van der Waals surface area contributed by atoms with Crippen LogP contribution in [0.4, 0.5) is 4.39 Å². The lowest BCUT2D eigenvalue weighted by Crippen LogP contribution is -2.12. The average molecular weight is 245 g/mol. The Bertz CT molecular complexity index is 523. The van der Waals surface area contributed by atoms with Gasteiger partial charge in [-0.15, -0.1) is 0 Å². The van der Waals surface area contributed by atoms with Gasteiger partial charge in [0.1, 0.15) is 23.9 Å². The van der Waals surface area contributed by atoms with E-state index in [9.17, 15) is 4.39 Å². The van der Waals surface area contributed by atoms with Crippen molar-refractivity contribution in [3.63, 3.8) is 0 Å². The highest BCUT2D eigenvalue weighted by Gasteiger charge is 2.05. The van der Waals surface area contributed by atoms with Gasteiger partial charge in [0, 0.05) is 5.56 Å². The van der Waals surface area contributed by atoms with Gasteiger partial charge in [-0.2, -0.15) is 0 Å². The van der Waals surface area contributed by atoms with E-state index < -0.39 is 0 Å². The molecule has 0 amide bonds. The normalized spacial score (nSPS) is 11.3. The molecule has 0 saturated heterocycles. The summed E-state index contributed by atoms with van der Waals surface area (Å²) in [4.78, 5) is 0. The maximum atomic E-state index is 12.7. The lowest BCUT2D eigenvalue weighted by atomic mass is 10.1. The molecule has 18 heavy (non-hydrogen) atoms. The van der Waals surface area contributed by atoms with Crippen molar-refractivity contribution in [3.05, 3.63) is 66.0 Å². The van der Waals surface area contributed by atoms with Crippen molar-refractivity contribution in [1.82, 2.24) is 0 Å². The second kappa shape index (κ2) is 5.82. The molecular formula is C14H12FNO2. The second-order valence-corrected chi connectivity index (χ2v) is 3.66. The first kappa shape index (κ1) is 12.1. The molecule has 0 heterocycles. The summed E-state index contributed by atoms with van der Waals surface area (Å²) in [5, 5.41) is 12.2. The minimum atomic E-state index is -0.318. The number of oxime groups is 1. The monoisotopic (exact) mass is 245 g/mol. The van der Waals surface area contributed by atoms with E-state index in [1.165, 1.54) is 24.3 Å². The minimum Gasteiger partial charge on any atom is -0.487 e. The van der Waals surface area contributed by atoms with E-state index in [1.54, 1.807) is 0 Å². The van der Waals surface area contributed by atoms with Crippen LogP contribution in [-0.2, 0) is 0 Å². The van der Waals surface area contributed by atoms with Gasteiger partial charge in [0.15, 0.2) is 0 Å². The number of halogens is 1. The summed E-state index contributed by atoms with van der Waals surface area (Å²) in [5.74, 6) is 0.204. The van der Waals surface area contributed by atoms with Crippen LogP contribution in [0, 0.1) is 5.82 Å². The fourth-order valence-electron chi connectivity index (χ4n) is 1.48. The molecule has 3 nitrogen and oxygen atoms in total. The molecule has 4 heteroatoms. The molecule has 0 radical (unpaired) electrons. The predicted molar refractivity (Wildman–Crippen MR) is 66.7 cm³/mol. The number of rotatable bonds is 4. The highest BCUT2D eigenvalue weighted by molar-refractivity contribution is 6.01. The van der Waals surface area contributed by atoms with Gasteiger partial charge in [-0.25, -0.2) is 4.39 Å². The van der Waals surface area contributed by atoms with Crippen LogP contribution in [-0.4, -0.2) is 17.5 Å². The van der Waals surface area contributed by atoms with Crippen molar-refractivity contribution in [1.29, 1.82) is 0 Å². The van der Waals surface area contributed by atoms with Crippen LogP contribution in [0.25, 0.3) is 0 Å². The van der Waals surface area contributed by atoms with Crippen molar-refractivity contribution in [2.75, 3.05) is 6.61 Å². The molecule has 0 spiro atoms. The van der Waals surface area contributed by atoms with E-state index in [-0.39, 0.29) is 12.4 Å². The van der Waals surface area contributed by atoms with E-state index in [0.717, 1.165) is 5.56 Å². The molecule has 2 aromatic rings. The smallest absolute Gasteiger partial charge is 0.134 e. The highest BCUT2D eigenvalue weighted by Crippen LogP contribution is 2.12. The van der Waals surface area contributed by atoms with Gasteiger partial charge in [-0.05, 0) is 24.3 Å². The third kappa shape index (κ3) is 3.07. The number of benzene rings is 2. The number of nitrogens with zero attached hydrogens (tertiary/aromatic N) is 1. The summed E-state index contributed by atoms with van der Waals surface area (Å²) in [6.07, 6.45) is 0. The van der Waals surface area contributed by atoms with Gasteiger partial charge >= 0.3 is 0 Å². The lowest BCUT2D eigenvalue weighted by molar-refractivity contribution is 0.308. The molecule has 2 rings (SSSR count). The van der Waals surface area contributed by atoms with Crippen LogP contribution in [0.1, 0.15) is 5.56 Å². The zero-order valence-electron chi connectivity index (χ0n) is 9.58. The molecule has 0 atom stereocenters.